The van der Waals surface area contributed by atoms with Gasteiger partial charge in [-0.1, -0.05) is 0 Å². The van der Waals surface area contributed by atoms with Gasteiger partial charge in [0.15, 0.2) is 0 Å². The lowest BCUT2D eigenvalue weighted by molar-refractivity contribution is -0.173. The zero-order valence-corrected chi connectivity index (χ0v) is 7.13. The molecule has 1 heterocycles. The molecule has 0 aromatic heterocycles. The fourth-order valence-corrected chi connectivity index (χ4v) is 1.40. The van der Waals surface area contributed by atoms with Crippen molar-refractivity contribution in [1.82, 2.24) is 0 Å². The summed E-state index contributed by atoms with van der Waals surface area (Å²) in [7, 11) is 0. The van der Waals surface area contributed by atoms with Gasteiger partial charge in [0.1, 0.15) is 12.2 Å². The van der Waals surface area contributed by atoms with Gasteiger partial charge >= 0.3 is 0 Å². The lowest BCUT2D eigenvalue weighted by Gasteiger charge is -2.35. The summed E-state index contributed by atoms with van der Waals surface area (Å²) >= 11 is 0. The van der Waals surface area contributed by atoms with Crippen molar-refractivity contribution in [3.8, 4) is 6.07 Å². The van der Waals surface area contributed by atoms with Crippen LogP contribution in [0, 0.1) is 17.2 Å². The normalized spacial score (nSPS) is 39.8. The Morgan fingerprint density at radius 1 is 1.38 bits per heavy atom. The molecule has 0 saturated carbocycles. The minimum absolute atomic E-state index is 0.149. The minimum Gasteiger partial charge on any atom is -0.394 e. The van der Waals surface area contributed by atoms with Crippen molar-refractivity contribution in [2.75, 3.05) is 13.2 Å². The number of rotatable bonds is 2. The maximum absolute atomic E-state index is 9.48. The molecule has 1 fully saturated rings. The lowest BCUT2D eigenvalue weighted by atomic mass is 9.90. The molecule has 0 amide bonds. The van der Waals surface area contributed by atoms with Crippen LogP contribution in [0.4, 0.5) is 0 Å². The van der Waals surface area contributed by atoms with E-state index in [1.165, 1.54) is 0 Å². The van der Waals surface area contributed by atoms with Crippen LogP contribution in [-0.2, 0) is 4.74 Å². The average molecular weight is 187 g/mol. The molecule has 0 bridgehead atoms. The first-order valence-electron chi connectivity index (χ1n) is 4.16. The largest absolute Gasteiger partial charge is 0.394 e. The van der Waals surface area contributed by atoms with Crippen LogP contribution in [0.3, 0.4) is 0 Å². The highest BCUT2D eigenvalue weighted by atomic mass is 16.5. The Kier molecular flexibility index (Phi) is 3.63. The highest BCUT2D eigenvalue weighted by Crippen LogP contribution is 2.22. The number of hydrogen-bond donors (Lipinski definition) is 3. The smallest absolute Gasteiger partial charge is 0.109 e. The topological polar surface area (TPSA) is 93.7 Å². The standard InChI is InChI=1S/C8H13NO4/c9-2-1-5-4-13-6(3-10)8(12)7(5)11/h5-8,10-12H,1,3-4H2/t5-,6-,7-,8+/m1/s1. The summed E-state index contributed by atoms with van der Waals surface area (Å²) in [5.41, 5.74) is 0. The Balaban J connectivity index is 2.54. The molecule has 1 aliphatic heterocycles. The monoisotopic (exact) mass is 187 g/mol. The average Bonchev–Trinajstić information content (AvgIpc) is 2.14. The quantitative estimate of drug-likeness (QED) is 0.496. The van der Waals surface area contributed by atoms with E-state index >= 15 is 0 Å². The van der Waals surface area contributed by atoms with E-state index in [0.717, 1.165) is 0 Å². The molecule has 0 aliphatic carbocycles. The van der Waals surface area contributed by atoms with Crippen molar-refractivity contribution in [3.05, 3.63) is 0 Å². The van der Waals surface area contributed by atoms with Gasteiger partial charge < -0.3 is 20.1 Å². The lowest BCUT2D eigenvalue weighted by Crippen LogP contribution is -2.51. The molecule has 1 saturated heterocycles. The van der Waals surface area contributed by atoms with Gasteiger partial charge in [-0.15, -0.1) is 0 Å². The second-order valence-electron chi connectivity index (χ2n) is 3.16. The van der Waals surface area contributed by atoms with E-state index in [9.17, 15) is 10.2 Å². The van der Waals surface area contributed by atoms with Crippen LogP contribution in [0.5, 0.6) is 0 Å². The van der Waals surface area contributed by atoms with Crippen molar-refractivity contribution in [1.29, 1.82) is 5.26 Å². The fourth-order valence-electron chi connectivity index (χ4n) is 1.40. The van der Waals surface area contributed by atoms with Gasteiger partial charge in [0, 0.05) is 12.3 Å². The summed E-state index contributed by atoms with van der Waals surface area (Å²) in [5, 5.41) is 36.0. The Bertz CT molecular complexity index is 203. The van der Waals surface area contributed by atoms with E-state index in [2.05, 4.69) is 0 Å². The van der Waals surface area contributed by atoms with Gasteiger partial charge in [-0.25, -0.2) is 0 Å². The maximum atomic E-state index is 9.48. The second-order valence-corrected chi connectivity index (χ2v) is 3.16. The van der Waals surface area contributed by atoms with Crippen LogP contribution >= 0.6 is 0 Å². The number of nitrogens with zero attached hydrogens (tertiary/aromatic N) is 1. The van der Waals surface area contributed by atoms with Crippen LogP contribution in [0.15, 0.2) is 0 Å². The molecule has 5 heteroatoms. The van der Waals surface area contributed by atoms with E-state index in [-0.39, 0.29) is 25.6 Å². The van der Waals surface area contributed by atoms with Crippen molar-refractivity contribution in [2.45, 2.75) is 24.7 Å². The molecule has 0 spiro atoms. The van der Waals surface area contributed by atoms with Crippen LogP contribution in [-0.4, -0.2) is 46.8 Å². The molecule has 0 aromatic rings. The molecule has 1 aliphatic rings. The Labute approximate surface area is 76.2 Å². The number of aliphatic hydroxyl groups is 3. The molecule has 1 rings (SSSR count). The third-order valence-electron chi connectivity index (χ3n) is 2.27. The predicted molar refractivity (Wildman–Crippen MR) is 42.6 cm³/mol. The van der Waals surface area contributed by atoms with Gasteiger partial charge in [-0.05, 0) is 0 Å². The third kappa shape index (κ3) is 2.17. The van der Waals surface area contributed by atoms with Crippen LogP contribution in [0.2, 0.25) is 0 Å². The number of aliphatic hydroxyl groups excluding tert-OH is 3. The predicted octanol–water partition coefficient (Wildman–Crippen LogP) is -1.37. The minimum atomic E-state index is -1.10. The molecular formula is C8H13NO4. The van der Waals surface area contributed by atoms with Gasteiger partial charge in [0.05, 0.1) is 25.4 Å². The first kappa shape index (κ1) is 10.4. The summed E-state index contributed by atoms with van der Waals surface area (Å²) in [4.78, 5) is 0. The van der Waals surface area contributed by atoms with E-state index < -0.39 is 18.3 Å². The zero-order chi connectivity index (χ0) is 9.84. The van der Waals surface area contributed by atoms with Crippen molar-refractivity contribution < 1.29 is 20.1 Å². The van der Waals surface area contributed by atoms with E-state index in [1.54, 1.807) is 0 Å². The molecular weight excluding hydrogens is 174 g/mol. The Morgan fingerprint density at radius 2 is 2.08 bits per heavy atom. The van der Waals surface area contributed by atoms with Gasteiger partial charge in [-0.2, -0.15) is 5.26 Å². The van der Waals surface area contributed by atoms with Crippen molar-refractivity contribution in [3.63, 3.8) is 0 Å². The van der Waals surface area contributed by atoms with Crippen LogP contribution in [0.25, 0.3) is 0 Å². The summed E-state index contributed by atoms with van der Waals surface area (Å²) < 4.78 is 5.06. The maximum Gasteiger partial charge on any atom is 0.109 e. The summed E-state index contributed by atoms with van der Waals surface area (Å²) in [6.45, 7) is -0.117. The molecule has 5 nitrogen and oxygen atoms in total. The highest BCUT2D eigenvalue weighted by molar-refractivity contribution is 4.90. The molecule has 74 valence electrons. The molecule has 0 aromatic carbocycles. The fraction of sp³-hybridized carbons (Fsp3) is 0.875. The Hall–Kier alpha value is -0.670. The first-order chi connectivity index (χ1) is 6.20. The molecule has 0 radical (unpaired) electrons. The summed E-state index contributed by atoms with van der Waals surface area (Å²) in [6.07, 6.45) is -2.66. The summed E-state index contributed by atoms with van der Waals surface area (Å²) in [6, 6.07) is 1.91. The molecule has 13 heavy (non-hydrogen) atoms. The molecule has 4 atom stereocenters. The highest BCUT2D eigenvalue weighted by Gasteiger charge is 2.37. The third-order valence-corrected chi connectivity index (χ3v) is 2.27. The number of nitriles is 1. The van der Waals surface area contributed by atoms with Gasteiger partial charge in [-0.3, -0.25) is 0 Å². The number of hydrogen-bond acceptors (Lipinski definition) is 5. The van der Waals surface area contributed by atoms with Crippen LogP contribution in [0.1, 0.15) is 6.42 Å². The van der Waals surface area contributed by atoms with Crippen molar-refractivity contribution >= 4 is 0 Å². The van der Waals surface area contributed by atoms with Gasteiger partial charge in [0.2, 0.25) is 0 Å². The summed E-state index contributed by atoms with van der Waals surface area (Å²) in [5.74, 6) is -0.359. The SMILES string of the molecule is N#CC[C@@H]1CO[C@H](CO)[C@H](O)[C@@H]1O. The van der Waals surface area contributed by atoms with E-state index in [4.69, 9.17) is 15.1 Å². The zero-order valence-electron chi connectivity index (χ0n) is 7.13. The molecule has 3 N–H and O–H groups in total. The first-order valence-corrected chi connectivity index (χ1v) is 4.16. The van der Waals surface area contributed by atoms with Crippen molar-refractivity contribution in [2.24, 2.45) is 5.92 Å². The van der Waals surface area contributed by atoms with Crippen LogP contribution < -0.4 is 0 Å². The van der Waals surface area contributed by atoms with E-state index in [0.29, 0.717) is 0 Å². The second kappa shape index (κ2) is 4.53. The Morgan fingerprint density at radius 3 is 2.62 bits per heavy atom. The van der Waals surface area contributed by atoms with Gasteiger partial charge in [0.25, 0.3) is 0 Å². The molecule has 0 unspecified atom stereocenters. The van der Waals surface area contributed by atoms with E-state index in [1.807, 2.05) is 6.07 Å². The number of ether oxygens (including phenoxy) is 1.